The summed E-state index contributed by atoms with van der Waals surface area (Å²) in [5.74, 6) is 0. The summed E-state index contributed by atoms with van der Waals surface area (Å²) in [7, 11) is -3.81. The molecule has 2 radical (unpaired) electrons. The van der Waals surface area contributed by atoms with Crippen LogP contribution in [0.15, 0.2) is 301 Å². The van der Waals surface area contributed by atoms with Crippen LogP contribution in [0.5, 0.6) is 0 Å². The van der Waals surface area contributed by atoms with Gasteiger partial charge in [-0.2, -0.15) is 0 Å². The first-order valence-electron chi connectivity index (χ1n) is 23.2. The SMILES string of the molecule is O=c1[n-]c2ccccc2s1.O=c1[n-]c2ccccc2s1.[Fe].[N]=O.[N]=O.c1ccc([P+](c2ccccc2)(c2ccccc2)c2ccccc2)cc1.c1ccc([P+](c2ccccc2)(c2ccccc2)c2ccccc2)cc1. The van der Waals surface area contributed by atoms with Gasteiger partial charge >= 0.3 is 0 Å². The van der Waals surface area contributed by atoms with Crippen molar-refractivity contribution in [3.05, 3.63) is 320 Å². The Morgan fingerprint density at radius 3 is 0.587 bits per heavy atom. The molecule has 0 spiro atoms. The summed E-state index contributed by atoms with van der Waals surface area (Å²) in [6.45, 7) is 0. The van der Waals surface area contributed by atoms with Crippen LogP contribution >= 0.6 is 37.2 Å². The Morgan fingerprint density at radius 1 is 0.253 bits per heavy atom. The summed E-state index contributed by atoms with van der Waals surface area (Å²) in [5, 5.41) is 11.1. The fourth-order valence-corrected chi connectivity index (χ4v) is 18.6. The molecule has 8 nitrogen and oxygen atoms in total. The third-order valence-electron chi connectivity index (χ3n) is 11.7. The molecular weight excluding hydrogens is 1050 g/mol. The van der Waals surface area contributed by atoms with Gasteiger partial charge in [-0.1, -0.05) is 182 Å². The Balaban J connectivity index is 0.000000170. The van der Waals surface area contributed by atoms with Gasteiger partial charge in [0.1, 0.15) is 77.9 Å². The van der Waals surface area contributed by atoms with E-state index >= 15 is 0 Å². The normalized spacial score (nSPS) is 10.3. The largest absolute Gasteiger partial charge is 0.613 e. The Labute approximate surface area is 455 Å². The third kappa shape index (κ3) is 13.5. The van der Waals surface area contributed by atoms with E-state index in [9.17, 15) is 9.59 Å². The topological polar surface area (TPSA) is 141 Å². The van der Waals surface area contributed by atoms with E-state index < -0.39 is 14.5 Å². The first-order chi connectivity index (χ1) is 36.6. The zero-order valence-corrected chi connectivity index (χ0v) is 44.7. The molecule has 12 aromatic rings. The number of nitroso groups, excluding NO2 is 2. The molecule has 370 valence electrons. The first-order valence-corrected chi connectivity index (χ1v) is 28.4. The number of benzene rings is 10. The van der Waals surface area contributed by atoms with Crippen LogP contribution < -0.4 is 73.3 Å². The monoisotopic (exact) mass is 1090 g/mol. The molecule has 0 saturated carbocycles. The maximum Gasteiger partial charge on any atom is 0.144 e. The third-order valence-corrected chi connectivity index (χ3v) is 21.9. The Hall–Kier alpha value is -7.84. The number of para-hydroxylation sites is 2. The summed E-state index contributed by atoms with van der Waals surface area (Å²) in [4.78, 5) is 43.2. The number of rotatable bonds is 8. The van der Waals surface area contributed by atoms with Crippen molar-refractivity contribution in [1.29, 1.82) is 0 Å². The summed E-state index contributed by atoms with van der Waals surface area (Å²) >= 11 is 2.37. The van der Waals surface area contributed by atoms with E-state index in [-0.39, 0.29) is 26.8 Å². The van der Waals surface area contributed by atoms with Crippen LogP contribution in [0, 0.1) is 9.81 Å². The van der Waals surface area contributed by atoms with Crippen molar-refractivity contribution in [3.63, 3.8) is 0 Å². The quantitative estimate of drug-likeness (QED) is 0.110. The molecule has 0 bridgehead atoms. The number of nitrogens with zero attached hydrogens (tertiary/aromatic N) is 4. The van der Waals surface area contributed by atoms with Crippen molar-refractivity contribution in [2.75, 3.05) is 0 Å². The second-order valence-corrected chi connectivity index (χ2v) is 24.7. The standard InChI is InChI=1S/2C24H20P.2C7H5NOS.Fe.2NO/c2*1-5-13-21(14-6-1)25(22-15-7-2-8-16-22,23-17-9-3-10-18-23)24-19-11-4-12-20-24;2*9-7-8-5-3-1-2-4-6(5)10-7;;2*1-2/h2*1-20H;2*1-4H,(H,8,9);;;/q2*+1;;;;;/p-2. The van der Waals surface area contributed by atoms with E-state index in [1.54, 1.807) is 0 Å². The molecule has 75 heavy (non-hydrogen) atoms. The van der Waals surface area contributed by atoms with Crippen LogP contribution in [0.25, 0.3) is 20.4 Å². The predicted octanol–water partition coefficient (Wildman–Crippen LogP) is 10.2. The molecule has 0 unspecified atom stereocenters. The van der Waals surface area contributed by atoms with Gasteiger partial charge in [-0.25, -0.2) is 0 Å². The molecule has 0 saturated heterocycles. The van der Waals surface area contributed by atoms with Gasteiger partial charge in [-0.15, -0.1) is 43.5 Å². The number of hydrogen-bond acceptors (Lipinski definition) is 6. The van der Waals surface area contributed by atoms with Crippen molar-refractivity contribution in [2.24, 2.45) is 0 Å². The summed E-state index contributed by atoms with van der Waals surface area (Å²) in [6, 6.07) is 103. The zero-order valence-electron chi connectivity index (χ0n) is 40.2. The van der Waals surface area contributed by atoms with E-state index in [0.29, 0.717) is 0 Å². The van der Waals surface area contributed by atoms with E-state index in [0.717, 1.165) is 20.4 Å². The second kappa shape index (κ2) is 29.2. The average Bonchev–Trinajstić information content (AvgIpc) is 4.08. The number of aromatic nitrogens is 2. The Bertz CT molecular complexity index is 3000. The average molecular weight is 1100 g/mol. The van der Waals surface area contributed by atoms with Crippen LogP contribution in [0.4, 0.5) is 0 Å². The molecule has 2 heterocycles. The summed E-state index contributed by atoms with van der Waals surface area (Å²) in [5.41, 5.74) is 13.1. The molecule has 0 amide bonds. The molecule has 0 fully saturated rings. The smallest absolute Gasteiger partial charge is 0.144 e. The minimum atomic E-state index is -1.91. The maximum atomic E-state index is 10.7. The number of hydrogen-bond donors (Lipinski definition) is 0. The number of thiazole rings is 2. The van der Waals surface area contributed by atoms with Crippen LogP contribution in [0.2, 0.25) is 0 Å². The van der Waals surface area contributed by atoms with Crippen LogP contribution in [-0.2, 0) is 17.1 Å². The van der Waals surface area contributed by atoms with Gasteiger partial charge in [0.05, 0.1) is 0 Å². The molecular formula is C62H48FeN4O4P2S2. The first kappa shape index (κ1) is 56.5. The Morgan fingerprint density at radius 2 is 0.413 bits per heavy atom. The minimum Gasteiger partial charge on any atom is -0.613 e. The van der Waals surface area contributed by atoms with Crippen LogP contribution in [0.3, 0.4) is 0 Å². The van der Waals surface area contributed by atoms with Crippen LogP contribution in [0.1, 0.15) is 0 Å². The van der Waals surface area contributed by atoms with E-state index in [1.807, 2.05) is 48.5 Å². The van der Waals surface area contributed by atoms with Gasteiger partial charge in [0.25, 0.3) is 0 Å². The van der Waals surface area contributed by atoms with Crippen molar-refractivity contribution >= 4 is 100 Å². The van der Waals surface area contributed by atoms with Crippen molar-refractivity contribution in [2.45, 2.75) is 0 Å². The van der Waals surface area contributed by atoms with Gasteiger partial charge in [-0.3, -0.25) is 0 Å². The van der Waals surface area contributed by atoms with Gasteiger partial charge in [-0.05, 0) is 109 Å². The van der Waals surface area contributed by atoms with E-state index in [1.165, 1.54) is 65.1 Å². The molecule has 0 aliphatic carbocycles. The number of fused-ring (bicyclic) bond motifs is 2. The molecule has 0 aliphatic rings. The fourth-order valence-electron chi connectivity index (χ4n) is 8.70. The molecule has 10 aromatic carbocycles. The van der Waals surface area contributed by atoms with Crippen molar-refractivity contribution < 1.29 is 17.1 Å². The second-order valence-electron chi connectivity index (χ2n) is 15.9. The molecule has 0 aliphatic heterocycles. The van der Waals surface area contributed by atoms with Gasteiger partial charge in [0, 0.05) is 26.5 Å². The molecule has 12 rings (SSSR count). The maximum absolute atomic E-state index is 10.7. The van der Waals surface area contributed by atoms with Crippen LogP contribution in [-0.4, -0.2) is 0 Å². The summed E-state index contributed by atoms with van der Waals surface area (Å²) < 4.78 is 1.93. The fraction of sp³-hybridized carbons (Fsp3) is 0. The minimum absolute atomic E-state index is 0. The molecule has 0 atom stereocenters. The van der Waals surface area contributed by atoms with Gasteiger partial charge in [0.2, 0.25) is 0 Å². The molecule has 0 N–H and O–H groups in total. The molecule has 2 aromatic heterocycles. The van der Waals surface area contributed by atoms with E-state index in [2.05, 4.69) is 253 Å². The molecule has 13 heteroatoms. The van der Waals surface area contributed by atoms with Crippen molar-refractivity contribution in [1.82, 2.24) is 21.2 Å². The van der Waals surface area contributed by atoms with Crippen molar-refractivity contribution in [3.8, 4) is 0 Å². The van der Waals surface area contributed by atoms with Gasteiger partial charge in [0.15, 0.2) is 0 Å². The Kier molecular flexibility index (Phi) is 21.9. The zero-order chi connectivity index (χ0) is 51.9. The summed E-state index contributed by atoms with van der Waals surface area (Å²) in [6.07, 6.45) is 0. The van der Waals surface area contributed by atoms with Gasteiger partial charge < -0.3 is 19.6 Å². The van der Waals surface area contributed by atoms with E-state index in [4.69, 9.17) is 21.0 Å². The predicted molar refractivity (Wildman–Crippen MR) is 316 cm³/mol.